The number of alkyl halides is 2. The van der Waals surface area contributed by atoms with Crippen molar-refractivity contribution in [1.29, 1.82) is 0 Å². The molecule has 2 N–H and O–H groups in total. The van der Waals surface area contributed by atoms with E-state index in [9.17, 15) is 17.2 Å². The third-order valence-corrected chi connectivity index (χ3v) is 6.46. The summed E-state index contributed by atoms with van der Waals surface area (Å²) >= 11 is 7.53. The summed E-state index contributed by atoms with van der Waals surface area (Å²) in [5.41, 5.74) is 0.665. The molecule has 0 saturated heterocycles. The first-order chi connectivity index (χ1) is 13.3. The van der Waals surface area contributed by atoms with E-state index in [2.05, 4.69) is 19.7 Å². The van der Waals surface area contributed by atoms with E-state index in [1.54, 1.807) is 12.1 Å². The fourth-order valence-electron chi connectivity index (χ4n) is 2.64. The Bertz CT molecular complexity index is 1120. The summed E-state index contributed by atoms with van der Waals surface area (Å²) in [6, 6.07) is 3.21. The topological polar surface area (TPSA) is 97.0 Å². The second kappa shape index (κ2) is 8.10. The Morgan fingerprint density at radius 3 is 2.79 bits per heavy atom. The van der Waals surface area contributed by atoms with Crippen molar-refractivity contribution < 1.29 is 21.9 Å². The molecule has 0 aliphatic heterocycles. The maximum absolute atomic E-state index is 12.8. The zero-order chi connectivity index (χ0) is 20.5. The van der Waals surface area contributed by atoms with Crippen LogP contribution in [0, 0.1) is 0 Å². The molecule has 0 unspecified atom stereocenters. The van der Waals surface area contributed by atoms with E-state index in [4.69, 9.17) is 16.3 Å². The summed E-state index contributed by atoms with van der Waals surface area (Å²) in [5, 5.41) is 0.948. The second-order valence-electron chi connectivity index (χ2n) is 5.58. The van der Waals surface area contributed by atoms with Gasteiger partial charge in [-0.2, -0.15) is 4.98 Å². The van der Waals surface area contributed by atoms with Crippen molar-refractivity contribution in [3.8, 4) is 5.88 Å². The summed E-state index contributed by atoms with van der Waals surface area (Å²) in [4.78, 5) is 11.3. The Morgan fingerprint density at radius 1 is 1.39 bits per heavy atom. The van der Waals surface area contributed by atoms with Gasteiger partial charge in [0.05, 0.1) is 17.6 Å². The Morgan fingerprint density at radius 2 is 2.14 bits per heavy atom. The van der Waals surface area contributed by atoms with E-state index in [-0.39, 0.29) is 22.3 Å². The van der Waals surface area contributed by atoms with E-state index in [1.807, 2.05) is 6.26 Å². The van der Waals surface area contributed by atoms with Crippen molar-refractivity contribution in [3.63, 3.8) is 0 Å². The minimum absolute atomic E-state index is 0.0197. The number of aromatic amines is 1. The number of hydrogen-bond acceptors (Lipinski definition) is 6. The van der Waals surface area contributed by atoms with Gasteiger partial charge in [0.2, 0.25) is 18.3 Å². The molecule has 2 aromatic heterocycles. The number of hydrogen-bond donors (Lipinski definition) is 2. The lowest BCUT2D eigenvalue weighted by atomic mass is 10.2. The predicted octanol–water partition coefficient (Wildman–Crippen LogP) is 3.95. The van der Waals surface area contributed by atoms with Crippen molar-refractivity contribution in [1.82, 2.24) is 15.0 Å². The number of methoxy groups -OCH3 is 1. The van der Waals surface area contributed by atoms with E-state index < -0.39 is 22.9 Å². The summed E-state index contributed by atoms with van der Waals surface area (Å²) in [6.45, 7) is 0. The van der Waals surface area contributed by atoms with Crippen LogP contribution in [-0.4, -0.2) is 43.2 Å². The van der Waals surface area contributed by atoms with E-state index >= 15 is 0 Å². The number of nitrogens with zero attached hydrogens (tertiary/aromatic N) is 2. The largest absolute Gasteiger partial charge is 0.481 e. The van der Waals surface area contributed by atoms with Crippen molar-refractivity contribution >= 4 is 50.2 Å². The van der Waals surface area contributed by atoms with E-state index in [0.717, 1.165) is 11.1 Å². The Labute approximate surface area is 168 Å². The number of ether oxygens (including phenoxy) is 1. The first-order valence-corrected chi connectivity index (χ1v) is 10.9. The highest BCUT2D eigenvalue weighted by molar-refractivity contribution is 7.99. The minimum Gasteiger partial charge on any atom is -0.481 e. The molecule has 0 spiro atoms. The second-order valence-corrected chi connectivity index (χ2v) is 8.46. The Kier molecular flexibility index (Phi) is 5.96. The molecule has 0 radical (unpaired) electrons. The first kappa shape index (κ1) is 20.6. The van der Waals surface area contributed by atoms with Gasteiger partial charge in [-0.25, -0.2) is 26.9 Å². The molecule has 150 valence electrons. The summed E-state index contributed by atoms with van der Waals surface area (Å²) < 4.78 is 58.0. The van der Waals surface area contributed by atoms with Gasteiger partial charge in [-0.15, -0.1) is 11.8 Å². The van der Waals surface area contributed by atoms with E-state index in [1.165, 1.54) is 25.1 Å². The van der Waals surface area contributed by atoms with Gasteiger partial charge in [0, 0.05) is 34.7 Å². The Hall–Kier alpha value is -2.11. The number of aromatic nitrogens is 3. The molecule has 0 bridgehead atoms. The molecule has 0 fully saturated rings. The van der Waals surface area contributed by atoms with Gasteiger partial charge in [0.1, 0.15) is 4.90 Å². The van der Waals surface area contributed by atoms with Crippen LogP contribution in [-0.2, 0) is 16.4 Å². The molecule has 12 heteroatoms. The van der Waals surface area contributed by atoms with Gasteiger partial charge in [0.15, 0.2) is 0 Å². The molecule has 0 aliphatic rings. The monoisotopic (exact) mass is 448 g/mol. The first-order valence-electron chi connectivity index (χ1n) is 7.81. The highest BCUT2D eigenvalue weighted by Crippen LogP contribution is 2.35. The lowest BCUT2D eigenvalue weighted by Gasteiger charge is -2.10. The van der Waals surface area contributed by atoms with Crippen molar-refractivity contribution in [2.75, 3.05) is 18.1 Å². The SMILES string of the molecule is COc1nc(NS(=O)(=O)c2c[nH]c3c(SC)c(Cl)ccc23)ncc1CC(F)F. The molecular formula is C16H15ClF2N4O3S2. The number of thioether (sulfide) groups is 1. The lowest BCUT2D eigenvalue weighted by molar-refractivity contribution is 0.147. The van der Waals surface area contributed by atoms with Crippen molar-refractivity contribution in [2.24, 2.45) is 0 Å². The van der Waals surface area contributed by atoms with Crippen LogP contribution in [0.5, 0.6) is 5.88 Å². The molecule has 1 aromatic carbocycles. The molecule has 0 atom stereocenters. The minimum atomic E-state index is -4.06. The van der Waals surface area contributed by atoms with Gasteiger partial charge in [-0.3, -0.25) is 0 Å². The van der Waals surface area contributed by atoms with Crippen LogP contribution in [0.1, 0.15) is 5.56 Å². The molecule has 3 aromatic rings. The van der Waals surface area contributed by atoms with Gasteiger partial charge in [-0.05, 0) is 18.4 Å². The molecule has 3 rings (SSSR count). The summed E-state index contributed by atoms with van der Waals surface area (Å²) in [6.07, 6.45) is 1.07. The van der Waals surface area contributed by atoms with Crippen molar-refractivity contribution in [3.05, 3.63) is 35.1 Å². The average Bonchev–Trinajstić information content (AvgIpc) is 3.07. The fourth-order valence-corrected chi connectivity index (χ4v) is 4.79. The molecule has 7 nitrogen and oxygen atoms in total. The number of nitrogens with one attached hydrogen (secondary N) is 2. The van der Waals surface area contributed by atoms with Crippen LogP contribution in [0.3, 0.4) is 0 Å². The van der Waals surface area contributed by atoms with E-state index in [0.29, 0.717) is 15.9 Å². The number of rotatable bonds is 7. The molecular weight excluding hydrogens is 434 g/mol. The maximum atomic E-state index is 12.8. The van der Waals surface area contributed by atoms with Crippen LogP contribution >= 0.6 is 23.4 Å². The van der Waals surface area contributed by atoms with Crippen LogP contribution < -0.4 is 9.46 Å². The quantitative estimate of drug-likeness (QED) is 0.531. The average molecular weight is 449 g/mol. The van der Waals surface area contributed by atoms with Gasteiger partial charge >= 0.3 is 0 Å². The number of H-pyrrole nitrogens is 1. The molecule has 0 aliphatic carbocycles. The molecule has 0 amide bonds. The summed E-state index contributed by atoms with van der Waals surface area (Å²) in [5.74, 6) is -0.411. The van der Waals surface area contributed by atoms with Crippen LogP contribution in [0.25, 0.3) is 10.9 Å². The highest BCUT2D eigenvalue weighted by Gasteiger charge is 2.23. The Balaban J connectivity index is 1.98. The molecule has 28 heavy (non-hydrogen) atoms. The van der Waals surface area contributed by atoms with Gasteiger partial charge in [-0.1, -0.05) is 11.6 Å². The van der Waals surface area contributed by atoms with Crippen molar-refractivity contribution in [2.45, 2.75) is 22.6 Å². The normalized spacial score (nSPS) is 11.9. The van der Waals surface area contributed by atoms with Gasteiger partial charge < -0.3 is 9.72 Å². The molecule has 0 saturated carbocycles. The smallest absolute Gasteiger partial charge is 0.266 e. The third-order valence-electron chi connectivity index (χ3n) is 3.83. The fraction of sp³-hybridized carbons (Fsp3) is 0.250. The summed E-state index contributed by atoms with van der Waals surface area (Å²) in [7, 11) is -2.80. The van der Waals surface area contributed by atoms with Gasteiger partial charge in [0.25, 0.3) is 10.0 Å². The number of fused-ring (bicyclic) bond motifs is 1. The molecule has 2 heterocycles. The van der Waals surface area contributed by atoms with Crippen LogP contribution in [0.4, 0.5) is 14.7 Å². The number of sulfonamides is 1. The number of anilines is 1. The number of halogens is 3. The van der Waals surface area contributed by atoms with Crippen LogP contribution in [0.2, 0.25) is 5.02 Å². The number of benzene rings is 1. The third kappa shape index (κ3) is 4.01. The standard InChI is InChI=1S/C16H15ClF2N4O3S2/c1-26-15-8(5-12(18)19)6-21-16(22-15)23-28(24,25)11-7-20-13-9(11)3-4-10(17)14(13)27-2/h3-4,6-7,12,20H,5H2,1-2H3,(H,21,22,23). The zero-order valence-corrected chi connectivity index (χ0v) is 17.1. The predicted molar refractivity (Wildman–Crippen MR) is 104 cm³/mol. The maximum Gasteiger partial charge on any atom is 0.266 e. The zero-order valence-electron chi connectivity index (χ0n) is 14.7. The highest BCUT2D eigenvalue weighted by atomic mass is 35.5. The lowest BCUT2D eigenvalue weighted by Crippen LogP contribution is -2.15. The van der Waals surface area contributed by atoms with Crippen LogP contribution in [0.15, 0.2) is 34.3 Å².